The van der Waals surface area contributed by atoms with Crippen molar-refractivity contribution in [3.8, 4) is 5.75 Å². The molecule has 0 spiro atoms. The number of aromatic nitrogens is 2. The molecule has 11 heteroatoms. The Balaban J connectivity index is 2.53. The molecule has 2 rings (SSSR count). The Morgan fingerprint density at radius 3 is 2.32 bits per heavy atom. The Morgan fingerprint density at radius 1 is 1.18 bits per heavy atom. The average molecular weight is 431 g/mol. The van der Waals surface area contributed by atoms with E-state index >= 15 is 0 Å². The maximum Gasteiger partial charge on any atom is 0.281 e. The van der Waals surface area contributed by atoms with E-state index in [4.69, 9.17) is 4.74 Å². The molecule has 1 heterocycles. The molecule has 0 saturated carbocycles. The largest absolute Gasteiger partial charge is 0.489 e. The van der Waals surface area contributed by atoms with Gasteiger partial charge in [0.05, 0.1) is 23.0 Å². The van der Waals surface area contributed by atoms with Crippen LogP contribution in [-0.4, -0.2) is 49.9 Å². The van der Waals surface area contributed by atoms with Crippen molar-refractivity contribution in [1.29, 1.82) is 0 Å². The standard InChI is InChI=1S/C17H26N4O5S2/c1-6-21(7-2)28(24,25)14-8-9-16(26-13(3)4)15(10-14)19-27(22,23)17-11-20(5)12-18-17/h8-13,19H,6-7H2,1-5H3. The highest BCUT2D eigenvalue weighted by Crippen LogP contribution is 2.31. The molecular formula is C17H26N4O5S2. The summed E-state index contributed by atoms with van der Waals surface area (Å²) in [6, 6.07) is 4.13. The van der Waals surface area contributed by atoms with Gasteiger partial charge in [0.15, 0.2) is 5.03 Å². The summed E-state index contributed by atoms with van der Waals surface area (Å²) in [6.07, 6.45) is 2.48. The van der Waals surface area contributed by atoms with Gasteiger partial charge in [-0.1, -0.05) is 13.8 Å². The van der Waals surface area contributed by atoms with Crippen molar-refractivity contribution in [3.05, 3.63) is 30.7 Å². The molecule has 28 heavy (non-hydrogen) atoms. The third-order valence-electron chi connectivity index (χ3n) is 3.86. The number of anilines is 1. The summed E-state index contributed by atoms with van der Waals surface area (Å²) in [5, 5.41) is -0.178. The number of hydrogen-bond donors (Lipinski definition) is 1. The van der Waals surface area contributed by atoms with E-state index in [1.165, 1.54) is 39.6 Å². The van der Waals surface area contributed by atoms with Crippen LogP contribution < -0.4 is 9.46 Å². The summed E-state index contributed by atoms with van der Waals surface area (Å²) >= 11 is 0. The van der Waals surface area contributed by atoms with E-state index in [0.29, 0.717) is 13.1 Å². The zero-order chi connectivity index (χ0) is 21.1. The van der Waals surface area contributed by atoms with Crippen LogP contribution in [0.5, 0.6) is 5.75 Å². The van der Waals surface area contributed by atoms with Crippen LogP contribution in [0.1, 0.15) is 27.7 Å². The number of nitrogens with one attached hydrogen (secondary N) is 1. The lowest BCUT2D eigenvalue weighted by Gasteiger charge is -2.20. The minimum Gasteiger partial charge on any atom is -0.489 e. The second-order valence-corrected chi connectivity index (χ2v) is 9.96. The minimum absolute atomic E-state index is 0.0222. The van der Waals surface area contributed by atoms with Crippen LogP contribution in [-0.2, 0) is 27.1 Å². The molecular weight excluding hydrogens is 404 g/mol. The van der Waals surface area contributed by atoms with Crippen molar-refractivity contribution >= 4 is 25.7 Å². The van der Waals surface area contributed by atoms with Gasteiger partial charge in [0.25, 0.3) is 10.0 Å². The third kappa shape index (κ3) is 4.83. The van der Waals surface area contributed by atoms with E-state index in [0.717, 1.165) is 0 Å². The Morgan fingerprint density at radius 2 is 1.82 bits per heavy atom. The van der Waals surface area contributed by atoms with Crippen LogP contribution in [0.2, 0.25) is 0 Å². The second-order valence-electron chi connectivity index (χ2n) is 6.40. The van der Waals surface area contributed by atoms with Gasteiger partial charge in [0, 0.05) is 26.3 Å². The van der Waals surface area contributed by atoms with Gasteiger partial charge in [-0.15, -0.1) is 0 Å². The molecule has 0 saturated heterocycles. The quantitative estimate of drug-likeness (QED) is 0.652. The summed E-state index contributed by atoms with van der Waals surface area (Å²) in [4.78, 5) is 3.82. The summed E-state index contributed by atoms with van der Waals surface area (Å²) in [7, 11) is -6.13. The predicted molar refractivity (Wildman–Crippen MR) is 106 cm³/mol. The van der Waals surface area contributed by atoms with Crippen LogP contribution in [0.25, 0.3) is 0 Å². The van der Waals surface area contributed by atoms with Crippen molar-refractivity contribution < 1.29 is 21.6 Å². The number of aryl methyl sites for hydroxylation is 1. The van der Waals surface area contributed by atoms with Gasteiger partial charge >= 0.3 is 0 Å². The first kappa shape index (κ1) is 22.2. The van der Waals surface area contributed by atoms with Crippen molar-refractivity contribution in [2.45, 2.75) is 43.7 Å². The number of imidazole rings is 1. The molecule has 0 fully saturated rings. The van der Waals surface area contributed by atoms with E-state index in [1.807, 2.05) is 0 Å². The molecule has 0 aliphatic carbocycles. The number of hydrogen-bond acceptors (Lipinski definition) is 6. The van der Waals surface area contributed by atoms with Crippen molar-refractivity contribution in [2.75, 3.05) is 17.8 Å². The minimum atomic E-state index is -4.01. The van der Waals surface area contributed by atoms with Crippen LogP contribution in [0.15, 0.2) is 40.6 Å². The van der Waals surface area contributed by atoms with E-state index in [1.54, 1.807) is 34.7 Å². The zero-order valence-corrected chi connectivity index (χ0v) is 18.2. The lowest BCUT2D eigenvalue weighted by atomic mass is 10.3. The normalized spacial score (nSPS) is 12.5. The Labute approximate surface area is 166 Å². The smallest absolute Gasteiger partial charge is 0.281 e. The van der Waals surface area contributed by atoms with Gasteiger partial charge < -0.3 is 9.30 Å². The second kappa shape index (κ2) is 8.50. The van der Waals surface area contributed by atoms with Gasteiger partial charge in [-0.3, -0.25) is 4.72 Å². The fourth-order valence-corrected chi connectivity index (χ4v) is 5.07. The Hall–Kier alpha value is -2.11. The van der Waals surface area contributed by atoms with Crippen molar-refractivity contribution in [3.63, 3.8) is 0 Å². The van der Waals surface area contributed by atoms with E-state index in [2.05, 4.69) is 9.71 Å². The molecule has 1 aromatic carbocycles. The summed E-state index contributed by atoms with van der Waals surface area (Å²) < 4.78 is 61.8. The molecule has 9 nitrogen and oxygen atoms in total. The Kier molecular flexibility index (Phi) is 6.73. The van der Waals surface area contributed by atoms with Gasteiger partial charge in [-0.25, -0.2) is 13.4 Å². The number of ether oxygens (including phenoxy) is 1. The fourth-order valence-electron chi connectivity index (χ4n) is 2.54. The highest BCUT2D eigenvalue weighted by Gasteiger charge is 2.25. The molecule has 0 aliphatic heterocycles. The van der Waals surface area contributed by atoms with E-state index in [-0.39, 0.29) is 27.5 Å². The zero-order valence-electron chi connectivity index (χ0n) is 16.6. The first-order valence-corrected chi connectivity index (χ1v) is 11.7. The van der Waals surface area contributed by atoms with Gasteiger partial charge in [-0.05, 0) is 32.0 Å². The topological polar surface area (TPSA) is 111 Å². The number of sulfonamides is 2. The Bertz CT molecular complexity index is 1030. The molecule has 0 bridgehead atoms. The molecule has 1 aromatic heterocycles. The lowest BCUT2D eigenvalue weighted by molar-refractivity contribution is 0.243. The highest BCUT2D eigenvalue weighted by molar-refractivity contribution is 7.92. The summed E-state index contributed by atoms with van der Waals surface area (Å²) in [6.45, 7) is 7.66. The fraction of sp³-hybridized carbons (Fsp3) is 0.471. The maximum absolute atomic E-state index is 12.8. The molecule has 0 radical (unpaired) electrons. The van der Waals surface area contributed by atoms with Crippen LogP contribution >= 0.6 is 0 Å². The maximum atomic E-state index is 12.8. The predicted octanol–water partition coefficient (Wildman–Crippen LogP) is 2.04. The van der Waals surface area contributed by atoms with E-state index < -0.39 is 20.0 Å². The molecule has 0 unspecified atom stereocenters. The van der Waals surface area contributed by atoms with Gasteiger partial charge in [0.2, 0.25) is 10.0 Å². The van der Waals surface area contributed by atoms with Crippen LogP contribution in [0.4, 0.5) is 5.69 Å². The molecule has 156 valence electrons. The van der Waals surface area contributed by atoms with Gasteiger partial charge in [-0.2, -0.15) is 12.7 Å². The third-order valence-corrected chi connectivity index (χ3v) is 7.15. The van der Waals surface area contributed by atoms with Gasteiger partial charge in [0.1, 0.15) is 5.75 Å². The van der Waals surface area contributed by atoms with Crippen LogP contribution in [0.3, 0.4) is 0 Å². The summed E-state index contributed by atoms with van der Waals surface area (Å²) in [5.74, 6) is 0.230. The highest BCUT2D eigenvalue weighted by atomic mass is 32.2. The molecule has 1 N–H and O–H groups in total. The van der Waals surface area contributed by atoms with Crippen LogP contribution in [0, 0.1) is 0 Å². The SMILES string of the molecule is CCN(CC)S(=O)(=O)c1ccc(OC(C)C)c(NS(=O)(=O)c2cn(C)cn2)c1. The lowest BCUT2D eigenvalue weighted by Crippen LogP contribution is -2.30. The molecule has 0 aliphatic rings. The van der Waals surface area contributed by atoms with Crippen molar-refractivity contribution in [1.82, 2.24) is 13.9 Å². The van der Waals surface area contributed by atoms with Crippen molar-refractivity contribution in [2.24, 2.45) is 7.05 Å². The first-order valence-electron chi connectivity index (χ1n) is 8.82. The number of benzene rings is 1. The average Bonchev–Trinajstić information content (AvgIpc) is 3.04. The molecule has 2 aromatic rings. The number of rotatable bonds is 9. The molecule has 0 atom stereocenters. The number of nitrogens with zero attached hydrogens (tertiary/aromatic N) is 3. The summed E-state index contributed by atoms with van der Waals surface area (Å²) in [5.41, 5.74) is 0.0348. The monoisotopic (exact) mass is 430 g/mol. The van der Waals surface area contributed by atoms with E-state index in [9.17, 15) is 16.8 Å². The first-order chi connectivity index (χ1) is 13.0. The molecule has 0 amide bonds.